The van der Waals surface area contributed by atoms with Gasteiger partial charge < -0.3 is 10.1 Å². The number of carbonyl (C=O) groups excluding carboxylic acids is 1. The van der Waals surface area contributed by atoms with Gasteiger partial charge in [-0.05, 0) is 55.0 Å². The van der Waals surface area contributed by atoms with Gasteiger partial charge in [0.2, 0.25) is 5.28 Å². The van der Waals surface area contributed by atoms with Gasteiger partial charge in [0.25, 0.3) is 5.56 Å². The van der Waals surface area contributed by atoms with Crippen LogP contribution in [0, 0.1) is 5.92 Å². The van der Waals surface area contributed by atoms with Crippen LogP contribution in [0.1, 0.15) is 41.7 Å². The highest BCUT2D eigenvalue weighted by atomic mass is 35.5. The van der Waals surface area contributed by atoms with Crippen molar-refractivity contribution in [2.45, 2.75) is 32.4 Å². The molecule has 3 aromatic rings. The van der Waals surface area contributed by atoms with Crippen molar-refractivity contribution in [1.29, 1.82) is 0 Å². The summed E-state index contributed by atoms with van der Waals surface area (Å²) in [5.41, 5.74) is 2.08. The Labute approximate surface area is 171 Å². The van der Waals surface area contributed by atoms with E-state index >= 15 is 0 Å². The smallest absolute Gasteiger partial charge is 0.337 e. The standard InChI is InChI=1S/C20H20ClN5O3/c1-11(13-7-8-13)26-17-15(10-23-20(21)25-17)24-16(18(26)27)22-9-12-3-5-14(6-4-12)19(28)29-2/h3-6,10-11,13H,7-9H2,1-2H3,(H,22,24)/t11-/m0/s1. The second-order valence-electron chi connectivity index (χ2n) is 7.10. The van der Waals surface area contributed by atoms with E-state index in [4.69, 9.17) is 16.3 Å². The lowest BCUT2D eigenvalue weighted by molar-refractivity contribution is 0.0600. The zero-order chi connectivity index (χ0) is 20.5. The molecule has 0 bridgehead atoms. The van der Waals surface area contributed by atoms with Gasteiger partial charge in [0.05, 0.1) is 18.9 Å². The molecule has 9 heteroatoms. The lowest BCUT2D eigenvalue weighted by Gasteiger charge is -2.18. The number of rotatable bonds is 6. The molecule has 2 heterocycles. The van der Waals surface area contributed by atoms with E-state index < -0.39 is 5.97 Å². The number of hydrogen-bond acceptors (Lipinski definition) is 7. The first-order valence-corrected chi connectivity index (χ1v) is 9.71. The number of halogens is 1. The van der Waals surface area contributed by atoms with Gasteiger partial charge in [-0.3, -0.25) is 9.36 Å². The number of esters is 1. The zero-order valence-electron chi connectivity index (χ0n) is 16.1. The van der Waals surface area contributed by atoms with Gasteiger partial charge in [0.15, 0.2) is 11.5 Å². The predicted molar refractivity (Wildman–Crippen MR) is 109 cm³/mol. The van der Waals surface area contributed by atoms with Crippen LogP contribution in [0.3, 0.4) is 0 Å². The number of nitrogens with one attached hydrogen (secondary N) is 1. The van der Waals surface area contributed by atoms with E-state index in [9.17, 15) is 9.59 Å². The van der Waals surface area contributed by atoms with Gasteiger partial charge in [-0.1, -0.05) is 12.1 Å². The Balaban J connectivity index is 1.65. The van der Waals surface area contributed by atoms with Crippen molar-refractivity contribution in [2.24, 2.45) is 5.92 Å². The van der Waals surface area contributed by atoms with Crippen LogP contribution in [0.25, 0.3) is 11.2 Å². The van der Waals surface area contributed by atoms with E-state index in [1.54, 1.807) is 28.8 Å². The van der Waals surface area contributed by atoms with Crippen LogP contribution in [0.5, 0.6) is 0 Å². The van der Waals surface area contributed by atoms with E-state index in [1.807, 2.05) is 6.92 Å². The minimum Gasteiger partial charge on any atom is -0.465 e. The van der Waals surface area contributed by atoms with Crippen LogP contribution in [0.15, 0.2) is 35.3 Å². The highest BCUT2D eigenvalue weighted by Gasteiger charge is 2.31. The number of anilines is 1. The van der Waals surface area contributed by atoms with Crippen molar-refractivity contribution in [3.05, 3.63) is 57.2 Å². The first-order valence-electron chi connectivity index (χ1n) is 9.34. The number of benzene rings is 1. The van der Waals surface area contributed by atoms with Gasteiger partial charge >= 0.3 is 5.97 Å². The van der Waals surface area contributed by atoms with Crippen LogP contribution in [0.4, 0.5) is 5.82 Å². The Bertz CT molecular complexity index is 1130. The van der Waals surface area contributed by atoms with Gasteiger partial charge in [0, 0.05) is 12.6 Å². The summed E-state index contributed by atoms with van der Waals surface area (Å²) in [5, 5.41) is 3.19. The Morgan fingerprint density at radius 3 is 2.69 bits per heavy atom. The molecule has 1 N–H and O–H groups in total. The van der Waals surface area contributed by atoms with Crippen LogP contribution in [-0.4, -0.2) is 32.6 Å². The first-order chi connectivity index (χ1) is 14.0. The molecule has 8 nitrogen and oxygen atoms in total. The SMILES string of the molecule is COC(=O)c1ccc(CNc2nc3cnc(Cl)nc3n([C@@H](C)C3CC3)c2=O)cc1. The fraction of sp³-hybridized carbons (Fsp3) is 0.350. The van der Waals surface area contributed by atoms with Crippen LogP contribution in [0.2, 0.25) is 5.28 Å². The Morgan fingerprint density at radius 2 is 2.03 bits per heavy atom. The van der Waals surface area contributed by atoms with Gasteiger partial charge in [-0.15, -0.1) is 0 Å². The molecule has 150 valence electrons. The summed E-state index contributed by atoms with van der Waals surface area (Å²) in [7, 11) is 1.34. The van der Waals surface area contributed by atoms with Crippen molar-refractivity contribution in [1.82, 2.24) is 19.5 Å². The van der Waals surface area contributed by atoms with E-state index in [-0.39, 0.29) is 22.7 Å². The summed E-state index contributed by atoms with van der Waals surface area (Å²) >= 11 is 5.96. The molecule has 2 aromatic heterocycles. The fourth-order valence-electron chi connectivity index (χ4n) is 3.33. The van der Waals surface area contributed by atoms with E-state index in [0.717, 1.165) is 18.4 Å². The minimum absolute atomic E-state index is 0.00106. The monoisotopic (exact) mass is 413 g/mol. The number of fused-ring (bicyclic) bond motifs is 1. The molecule has 0 spiro atoms. The summed E-state index contributed by atoms with van der Waals surface area (Å²) in [6.45, 7) is 2.39. The first kappa shape index (κ1) is 19.3. The topological polar surface area (TPSA) is 99.0 Å². The molecule has 1 saturated carbocycles. The van der Waals surface area contributed by atoms with Gasteiger partial charge in [-0.2, -0.15) is 4.98 Å². The molecular formula is C20H20ClN5O3. The molecule has 1 aromatic carbocycles. The maximum absolute atomic E-state index is 13.1. The van der Waals surface area contributed by atoms with Crippen LogP contribution >= 0.6 is 11.6 Å². The molecule has 0 saturated heterocycles. The summed E-state index contributed by atoms with van der Waals surface area (Å²) in [4.78, 5) is 37.3. The van der Waals surface area contributed by atoms with Crippen molar-refractivity contribution < 1.29 is 9.53 Å². The maximum atomic E-state index is 13.1. The quantitative estimate of drug-likeness (QED) is 0.489. The summed E-state index contributed by atoms with van der Waals surface area (Å²) in [6.07, 6.45) is 3.70. The normalized spacial score (nSPS) is 14.6. The third-order valence-corrected chi connectivity index (χ3v) is 5.33. The largest absolute Gasteiger partial charge is 0.465 e. The average Bonchev–Trinajstić information content (AvgIpc) is 3.57. The predicted octanol–water partition coefficient (Wildman–Crippen LogP) is 3.21. The number of nitrogens with zero attached hydrogens (tertiary/aromatic N) is 4. The molecule has 1 atom stereocenters. The van der Waals surface area contributed by atoms with Crippen LogP contribution in [-0.2, 0) is 11.3 Å². The Morgan fingerprint density at radius 1 is 1.31 bits per heavy atom. The third kappa shape index (κ3) is 3.93. The van der Waals surface area contributed by atoms with Gasteiger partial charge in [-0.25, -0.2) is 14.8 Å². The number of hydrogen-bond donors (Lipinski definition) is 1. The molecule has 1 aliphatic carbocycles. The number of carbonyl (C=O) groups is 1. The average molecular weight is 414 g/mol. The maximum Gasteiger partial charge on any atom is 0.337 e. The highest BCUT2D eigenvalue weighted by molar-refractivity contribution is 6.28. The van der Waals surface area contributed by atoms with E-state index in [2.05, 4.69) is 20.3 Å². The minimum atomic E-state index is -0.392. The Kier molecular flexibility index (Phi) is 5.19. The van der Waals surface area contributed by atoms with Crippen LogP contribution < -0.4 is 10.9 Å². The van der Waals surface area contributed by atoms with Crippen molar-refractivity contribution in [2.75, 3.05) is 12.4 Å². The fourth-order valence-corrected chi connectivity index (χ4v) is 3.45. The third-order valence-electron chi connectivity index (χ3n) is 5.15. The van der Waals surface area contributed by atoms with Crippen molar-refractivity contribution in [3.8, 4) is 0 Å². The second kappa shape index (κ2) is 7.79. The Hall–Kier alpha value is -3.00. The van der Waals surface area contributed by atoms with E-state index in [0.29, 0.717) is 29.2 Å². The molecule has 1 aliphatic rings. The van der Waals surface area contributed by atoms with Crippen molar-refractivity contribution in [3.63, 3.8) is 0 Å². The molecule has 1 fully saturated rings. The summed E-state index contributed by atoms with van der Waals surface area (Å²) in [5.74, 6) is 0.287. The van der Waals surface area contributed by atoms with E-state index in [1.165, 1.54) is 13.3 Å². The molecule has 0 unspecified atom stereocenters. The lowest BCUT2D eigenvalue weighted by Crippen LogP contribution is -2.29. The van der Waals surface area contributed by atoms with Gasteiger partial charge in [0.1, 0.15) is 5.52 Å². The van der Waals surface area contributed by atoms with Crippen molar-refractivity contribution >= 4 is 34.6 Å². The second-order valence-corrected chi connectivity index (χ2v) is 7.44. The molecule has 4 rings (SSSR count). The molecule has 0 amide bonds. The molecule has 0 radical (unpaired) electrons. The highest BCUT2D eigenvalue weighted by Crippen LogP contribution is 2.39. The molecule has 29 heavy (non-hydrogen) atoms. The zero-order valence-corrected chi connectivity index (χ0v) is 16.8. The molecular weight excluding hydrogens is 394 g/mol. The number of ether oxygens (including phenoxy) is 1. The summed E-state index contributed by atoms with van der Waals surface area (Å²) in [6, 6.07) is 6.96. The lowest BCUT2D eigenvalue weighted by atomic mass is 10.1. The number of aromatic nitrogens is 4. The molecule has 0 aliphatic heterocycles. The number of methoxy groups -OCH3 is 1. The summed E-state index contributed by atoms with van der Waals surface area (Å²) < 4.78 is 6.36.